The van der Waals surface area contributed by atoms with Gasteiger partial charge in [0.2, 0.25) is 0 Å². The summed E-state index contributed by atoms with van der Waals surface area (Å²) in [6.45, 7) is 2.53. The van der Waals surface area contributed by atoms with Crippen LogP contribution in [0.15, 0.2) is 24.9 Å². The molecular formula is C17H18N4O5. The number of hydrogen-bond donors (Lipinski definition) is 2. The second-order valence-corrected chi connectivity index (χ2v) is 5.55. The first-order valence-corrected chi connectivity index (χ1v) is 7.71. The predicted molar refractivity (Wildman–Crippen MR) is 89.8 cm³/mol. The maximum absolute atomic E-state index is 12.8. The molecule has 9 nitrogen and oxygen atoms in total. The third kappa shape index (κ3) is 4.18. The van der Waals surface area contributed by atoms with Gasteiger partial charge in [-0.25, -0.2) is 9.78 Å². The van der Waals surface area contributed by atoms with Crippen LogP contribution in [0.3, 0.4) is 0 Å². The van der Waals surface area contributed by atoms with Gasteiger partial charge in [0.1, 0.15) is 6.04 Å². The second-order valence-electron chi connectivity index (χ2n) is 5.55. The first-order valence-electron chi connectivity index (χ1n) is 7.71. The highest BCUT2D eigenvalue weighted by atomic mass is 16.5. The van der Waals surface area contributed by atoms with Crippen LogP contribution in [0.25, 0.3) is 0 Å². The molecule has 1 amide bonds. The van der Waals surface area contributed by atoms with Gasteiger partial charge in [-0.3, -0.25) is 19.4 Å². The molecule has 2 heterocycles. The Labute approximate surface area is 149 Å². The van der Waals surface area contributed by atoms with E-state index in [-0.39, 0.29) is 23.1 Å². The number of imidazole rings is 1. The van der Waals surface area contributed by atoms with Crippen LogP contribution < -0.4 is 5.32 Å². The zero-order valence-electron chi connectivity index (χ0n) is 14.5. The number of Topliss-reactive ketones (excluding diaryl/α,β-unsaturated/α-hetero) is 2. The van der Waals surface area contributed by atoms with Gasteiger partial charge in [-0.15, -0.1) is 0 Å². The number of rotatable bonds is 7. The highest BCUT2D eigenvalue weighted by molar-refractivity contribution is 6.14. The molecule has 0 saturated carbocycles. The van der Waals surface area contributed by atoms with Gasteiger partial charge in [0, 0.05) is 41.8 Å². The van der Waals surface area contributed by atoms with Gasteiger partial charge in [0.25, 0.3) is 5.91 Å². The zero-order valence-corrected chi connectivity index (χ0v) is 14.5. The zero-order chi connectivity index (χ0) is 19.3. The standard InChI is InChI=1S/C17H18N4O5/c1-9(22)12-6-18-7-13(10(2)23)15(12)16(24)21-14(17(25)26-3)4-11-5-19-8-20-11/h5-8,14H,4H2,1-3H3,(H,19,20)(H,21,24)/t14-/m1/s1. The van der Waals surface area contributed by atoms with Crippen molar-refractivity contribution < 1.29 is 23.9 Å². The summed E-state index contributed by atoms with van der Waals surface area (Å²) in [7, 11) is 1.20. The molecule has 0 bridgehead atoms. The van der Waals surface area contributed by atoms with E-state index in [1.54, 1.807) is 0 Å². The Morgan fingerprint density at radius 1 is 1.08 bits per heavy atom. The lowest BCUT2D eigenvalue weighted by Gasteiger charge is -2.17. The monoisotopic (exact) mass is 358 g/mol. The van der Waals surface area contributed by atoms with Crippen LogP contribution in [0, 0.1) is 0 Å². The SMILES string of the molecule is COC(=O)[C@@H](Cc1cnc[nH]1)NC(=O)c1c(C(C)=O)cncc1C(C)=O. The number of carbonyl (C=O) groups excluding carboxylic acids is 4. The summed E-state index contributed by atoms with van der Waals surface area (Å²) in [5.41, 5.74) is 0.494. The summed E-state index contributed by atoms with van der Waals surface area (Å²) >= 11 is 0. The first-order chi connectivity index (χ1) is 12.3. The van der Waals surface area contributed by atoms with E-state index in [1.165, 1.54) is 45.9 Å². The van der Waals surface area contributed by atoms with Crippen LogP contribution in [0.5, 0.6) is 0 Å². The fraction of sp³-hybridized carbons (Fsp3) is 0.294. The number of amides is 1. The van der Waals surface area contributed by atoms with Crippen molar-refractivity contribution in [2.24, 2.45) is 0 Å². The summed E-state index contributed by atoms with van der Waals surface area (Å²) < 4.78 is 4.72. The lowest BCUT2D eigenvalue weighted by Crippen LogP contribution is -2.44. The number of carbonyl (C=O) groups is 4. The number of methoxy groups -OCH3 is 1. The Kier molecular flexibility index (Phi) is 5.94. The van der Waals surface area contributed by atoms with Crippen molar-refractivity contribution in [1.29, 1.82) is 0 Å². The van der Waals surface area contributed by atoms with Crippen LogP contribution in [0.1, 0.15) is 50.6 Å². The smallest absolute Gasteiger partial charge is 0.328 e. The van der Waals surface area contributed by atoms with Crippen LogP contribution in [-0.4, -0.2) is 51.5 Å². The molecule has 2 aromatic rings. The fourth-order valence-electron chi connectivity index (χ4n) is 2.42. The molecule has 0 fully saturated rings. The molecule has 9 heteroatoms. The Hall–Kier alpha value is -3.36. The molecule has 0 spiro atoms. The van der Waals surface area contributed by atoms with Crippen molar-refractivity contribution in [3.63, 3.8) is 0 Å². The second kappa shape index (κ2) is 8.15. The molecular weight excluding hydrogens is 340 g/mol. The normalized spacial score (nSPS) is 11.5. The number of nitrogens with zero attached hydrogens (tertiary/aromatic N) is 2. The molecule has 0 saturated heterocycles. The van der Waals surface area contributed by atoms with Crippen molar-refractivity contribution in [1.82, 2.24) is 20.3 Å². The van der Waals surface area contributed by atoms with Crippen LogP contribution in [0.4, 0.5) is 0 Å². The maximum atomic E-state index is 12.8. The average molecular weight is 358 g/mol. The van der Waals surface area contributed by atoms with Gasteiger partial charge in [-0.2, -0.15) is 0 Å². The number of H-pyrrole nitrogens is 1. The predicted octanol–water partition coefficient (Wildman–Crippen LogP) is 0.724. The minimum atomic E-state index is -1.03. The van der Waals surface area contributed by atoms with Crippen molar-refractivity contribution in [2.45, 2.75) is 26.3 Å². The van der Waals surface area contributed by atoms with E-state index >= 15 is 0 Å². The van der Waals surface area contributed by atoms with E-state index in [1.807, 2.05) is 0 Å². The fourth-order valence-corrected chi connectivity index (χ4v) is 2.42. The Balaban J connectivity index is 2.38. The van der Waals surface area contributed by atoms with E-state index in [9.17, 15) is 19.2 Å². The number of pyridine rings is 1. The van der Waals surface area contributed by atoms with Gasteiger partial charge in [0.15, 0.2) is 11.6 Å². The van der Waals surface area contributed by atoms with E-state index in [0.717, 1.165) is 0 Å². The van der Waals surface area contributed by atoms with Crippen molar-refractivity contribution in [3.05, 3.63) is 47.3 Å². The number of esters is 1. The number of ketones is 2. The Morgan fingerprint density at radius 3 is 2.15 bits per heavy atom. The molecule has 0 unspecified atom stereocenters. The summed E-state index contributed by atoms with van der Waals surface area (Å²) in [4.78, 5) is 59.0. The lowest BCUT2D eigenvalue weighted by molar-refractivity contribution is -0.142. The molecule has 0 aliphatic heterocycles. The highest BCUT2D eigenvalue weighted by Gasteiger charge is 2.27. The average Bonchev–Trinajstić information content (AvgIpc) is 3.12. The number of aromatic amines is 1. The molecule has 0 aliphatic carbocycles. The molecule has 0 aliphatic rings. The largest absolute Gasteiger partial charge is 0.467 e. The summed E-state index contributed by atoms with van der Waals surface area (Å²) in [6, 6.07) is -1.03. The minimum absolute atomic E-state index is 0.000330. The number of hydrogen-bond acceptors (Lipinski definition) is 7. The highest BCUT2D eigenvalue weighted by Crippen LogP contribution is 2.16. The van der Waals surface area contributed by atoms with Gasteiger partial charge in [0.05, 0.1) is 19.0 Å². The van der Waals surface area contributed by atoms with Gasteiger partial charge in [-0.05, 0) is 13.8 Å². The summed E-state index contributed by atoms with van der Waals surface area (Å²) in [6.07, 6.45) is 5.48. The molecule has 2 aromatic heterocycles. The van der Waals surface area contributed by atoms with E-state index in [4.69, 9.17) is 4.74 Å². The molecule has 1 atom stereocenters. The quantitative estimate of drug-likeness (QED) is 0.551. The molecule has 2 N–H and O–H groups in total. The summed E-state index contributed by atoms with van der Waals surface area (Å²) in [5, 5.41) is 2.52. The van der Waals surface area contributed by atoms with Crippen molar-refractivity contribution in [3.8, 4) is 0 Å². The molecule has 0 aromatic carbocycles. The number of nitrogens with one attached hydrogen (secondary N) is 2. The third-order valence-electron chi connectivity index (χ3n) is 3.70. The van der Waals surface area contributed by atoms with E-state index in [0.29, 0.717) is 5.69 Å². The third-order valence-corrected chi connectivity index (χ3v) is 3.70. The molecule has 0 radical (unpaired) electrons. The summed E-state index contributed by atoms with van der Waals surface area (Å²) in [5.74, 6) is -2.25. The van der Waals surface area contributed by atoms with Gasteiger partial charge < -0.3 is 15.0 Å². The first kappa shape index (κ1) is 19.0. The van der Waals surface area contributed by atoms with Crippen molar-refractivity contribution in [2.75, 3.05) is 7.11 Å². The van der Waals surface area contributed by atoms with Gasteiger partial charge >= 0.3 is 5.97 Å². The van der Waals surface area contributed by atoms with E-state index < -0.39 is 29.5 Å². The Morgan fingerprint density at radius 2 is 1.69 bits per heavy atom. The topological polar surface area (TPSA) is 131 Å². The minimum Gasteiger partial charge on any atom is -0.467 e. The van der Waals surface area contributed by atoms with Crippen LogP contribution >= 0.6 is 0 Å². The Bertz CT molecular complexity index is 813. The van der Waals surface area contributed by atoms with Crippen LogP contribution in [-0.2, 0) is 16.0 Å². The maximum Gasteiger partial charge on any atom is 0.328 e. The van der Waals surface area contributed by atoms with E-state index in [2.05, 4.69) is 20.3 Å². The molecule has 26 heavy (non-hydrogen) atoms. The van der Waals surface area contributed by atoms with Crippen LogP contribution in [0.2, 0.25) is 0 Å². The molecule has 136 valence electrons. The number of aromatic nitrogens is 3. The number of ether oxygens (including phenoxy) is 1. The van der Waals surface area contributed by atoms with Crippen molar-refractivity contribution >= 4 is 23.4 Å². The lowest BCUT2D eigenvalue weighted by atomic mass is 9.98. The van der Waals surface area contributed by atoms with Gasteiger partial charge in [-0.1, -0.05) is 0 Å². The molecule has 2 rings (SSSR count).